The Morgan fingerprint density at radius 1 is 1.00 bits per heavy atom. The molecule has 0 fully saturated rings. The highest BCUT2D eigenvalue weighted by Crippen LogP contribution is 2.02. The summed E-state index contributed by atoms with van der Waals surface area (Å²) in [6, 6.07) is 7.92. The molecule has 0 heterocycles. The minimum atomic E-state index is -0.771. The van der Waals surface area contributed by atoms with Gasteiger partial charge in [0.05, 0.1) is 12.1 Å². The lowest BCUT2D eigenvalue weighted by Gasteiger charge is -2.14. The molecule has 6 nitrogen and oxygen atoms in total. The van der Waals surface area contributed by atoms with Crippen molar-refractivity contribution in [3.05, 3.63) is 35.9 Å². The average molecular weight is 292 g/mol. The van der Waals surface area contributed by atoms with Crippen LogP contribution in [-0.2, 0) is 16.0 Å². The number of carbonyl (C=O) groups is 2. The number of amides is 2. The van der Waals surface area contributed by atoms with Gasteiger partial charge in [0.15, 0.2) is 0 Å². The van der Waals surface area contributed by atoms with Crippen LogP contribution in [0.3, 0.4) is 0 Å². The van der Waals surface area contributed by atoms with Gasteiger partial charge >= 0.3 is 0 Å². The monoisotopic (exact) mass is 292 g/mol. The molecule has 21 heavy (non-hydrogen) atoms. The number of imide groups is 1. The second-order valence-corrected chi connectivity index (χ2v) is 5.04. The molecule has 0 bridgehead atoms. The van der Waals surface area contributed by atoms with E-state index in [1.807, 2.05) is 30.3 Å². The fourth-order valence-corrected chi connectivity index (χ4v) is 1.91. The summed E-state index contributed by atoms with van der Waals surface area (Å²) < 4.78 is 0. The quantitative estimate of drug-likeness (QED) is 0.488. The maximum Gasteiger partial charge on any atom is 0.243 e. The van der Waals surface area contributed by atoms with Crippen LogP contribution in [0.25, 0.3) is 0 Å². The largest absolute Gasteiger partial charge is 0.330 e. The molecule has 1 rings (SSSR count). The van der Waals surface area contributed by atoms with E-state index in [-0.39, 0.29) is 0 Å². The molecule has 0 aliphatic carbocycles. The first kappa shape index (κ1) is 17.3. The van der Waals surface area contributed by atoms with Gasteiger partial charge < -0.3 is 17.2 Å². The topological polar surface area (TPSA) is 124 Å². The maximum atomic E-state index is 11.9. The Balaban J connectivity index is 2.39. The van der Waals surface area contributed by atoms with Crippen molar-refractivity contribution in [3.8, 4) is 0 Å². The molecule has 2 atom stereocenters. The molecule has 1 aromatic carbocycles. The van der Waals surface area contributed by atoms with Crippen molar-refractivity contribution in [1.29, 1.82) is 0 Å². The Labute approximate surface area is 125 Å². The van der Waals surface area contributed by atoms with Crippen LogP contribution in [0.4, 0.5) is 0 Å². The van der Waals surface area contributed by atoms with Gasteiger partial charge in [-0.2, -0.15) is 0 Å². The van der Waals surface area contributed by atoms with Crippen LogP contribution >= 0.6 is 0 Å². The zero-order valence-electron chi connectivity index (χ0n) is 12.1. The minimum absolute atomic E-state index is 0.377. The van der Waals surface area contributed by atoms with Gasteiger partial charge in [0.1, 0.15) is 0 Å². The number of unbranched alkanes of at least 4 members (excludes halogenated alkanes) is 1. The number of rotatable bonds is 8. The summed E-state index contributed by atoms with van der Waals surface area (Å²) in [5.74, 6) is -0.987. The van der Waals surface area contributed by atoms with E-state index in [0.717, 1.165) is 18.4 Å². The molecule has 0 saturated carbocycles. The standard InChI is InChI=1S/C15H24N4O2/c16-9-5-4-8-12(17)14(20)19-15(21)13(18)10-11-6-2-1-3-7-11/h1-3,6-7,12-13H,4-5,8-10,16-18H2,(H,19,20,21)/t12-,13-/m0/s1. The van der Waals surface area contributed by atoms with E-state index in [1.165, 1.54) is 0 Å². The highest BCUT2D eigenvalue weighted by atomic mass is 16.2. The Hall–Kier alpha value is -1.76. The molecule has 0 aromatic heterocycles. The van der Waals surface area contributed by atoms with Gasteiger partial charge in [-0.1, -0.05) is 36.8 Å². The van der Waals surface area contributed by atoms with Crippen LogP contribution in [0.15, 0.2) is 30.3 Å². The summed E-state index contributed by atoms with van der Waals surface area (Å²) in [7, 11) is 0. The van der Waals surface area contributed by atoms with E-state index in [4.69, 9.17) is 17.2 Å². The van der Waals surface area contributed by atoms with E-state index in [1.54, 1.807) is 0 Å². The Bertz CT molecular complexity index is 450. The van der Waals surface area contributed by atoms with E-state index in [9.17, 15) is 9.59 Å². The lowest BCUT2D eigenvalue weighted by molar-refractivity contribution is -0.132. The first-order chi connectivity index (χ1) is 10.0. The summed E-state index contributed by atoms with van der Waals surface area (Å²) in [6.45, 7) is 0.565. The van der Waals surface area contributed by atoms with Gasteiger partial charge in [0.25, 0.3) is 0 Å². The van der Waals surface area contributed by atoms with Crippen molar-refractivity contribution < 1.29 is 9.59 Å². The van der Waals surface area contributed by atoms with E-state index >= 15 is 0 Å². The Kier molecular flexibility index (Phi) is 7.60. The fourth-order valence-electron chi connectivity index (χ4n) is 1.91. The minimum Gasteiger partial charge on any atom is -0.330 e. The van der Waals surface area contributed by atoms with Crippen LogP contribution in [0, 0.1) is 0 Å². The molecule has 0 aliphatic rings. The summed E-state index contributed by atoms with van der Waals surface area (Å²) in [6.07, 6.45) is 2.45. The summed E-state index contributed by atoms with van der Waals surface area (Å²) in [5, 5.41) is 2.27. The molecule has 6 heteroatoms. The lowest BCUT2D eigenvalue weighted by atomic mass is 10.1. The predicted octanol–water partition coefficient (Wildman–Crippen LogP) is -0.344. The molecular formula is C15H24N4O2. The van der Waals surface area contributed by atoms with Crippen LogP contribution in [0.5, 0.6) is 0 Å². The average Bonchev–Trinajstić information content (AvgIpc) is 2.48. The molecule has 2 amide bonds. The van der Waals surface area contributed by atoms with Gasteiger partial charge in [-0.15, -0.1) is 0 Å². The zero-order chi connectivity index (χ0) is 15.7. The first-order valence-electron chi connectivity index (χ1n) is 7.14. The number of nitrogens with one attached hydrogen (secondary N) is 1. The molecule has 0 radical (unpaired) electrons. The van der Waals surface area contributed by atoms with Crippen molar-refractivity contribution in [3.63, 3.8) is 0 Å². The van der Waals surface area contributed by atoms with E-state index in [0.29, 0.717) is 19.4 Å². The van der Waals surface area contributed by atoms with Crippen LogP contribution < -0.4 is 22.5 Å². The molecule has 0 spiro atoms. The maximum absolute atomic E-state index is 11.9. The van der Waals surface area contributed by atoms with Gasteiger partial charge in [-0.3, -0.25) is 14.9 Å². The fraction of sp³-hybridized carbons (Fsp3) is 0.467. The van der Waals surface area contributed by atoms with Gasteiger partial charge in [0, 0.05) is 0 Å². The van der Waals surface area contributed by atoms with Crippen molar-refractivity contribution in [1.82, 2.24) is 5.32 Å². The molecule has 1 aromatic rings. The number of hydrogen-bond donors (Lipinski definition) is 4. The molecule has 116 valence electrons. The van der Waals surface area contributed by atoms with E-state index in [2.05, 4.69) is 5.32 Å². The second-order valence-electron chi connectivity index (χ2n) is 5.04. The van der Waals surface area contributed by atoms with Crippen molar-refractivity contribution in [2.75, 3.05) is 6.54 Å². The van der Waals surface area contributed by atoms with E-state index < -0.39 is 23.9 Å². The number of carbonyl (C=O) groups excluding carboxylic acids is 2. The smallest absolute Gasteiger partial charge is 0.243 e. The highest BCUT2D eigenvalue weighted by molar-refractivity contribution is 5.99. The van der Waals surface area contributed by atoms with Crippen molar-refractivity contribution in [2.45, 2.75) is 37.8 Å². The second kappa shape index (κ2) is 9.23. The van der Waals surface area contributed by atoms with Crippen molar-refractivity contribution in [2.24, 2.45) is 17.2 Å². The third-order valence-corrected chi connectivity index (χ3v) is 3.19. The third-order valence-electron chi connectivity index (χ3n) is 3.19. The summed E-state index contributed by atoms with van der Waals surface area (Å²) in [5.41, 5.74) is 17.8. The van der Waals surface area contributed by atoms with Crippen molar-refractivity contribution >= 4 is 11.8 Å². The van der Waals surface area contributed by atoms with Crippen LogP contribution in [0.1, 0.15) is 24.8 Å². The van der Waals surface area contributed by atoms with Crippen LogP contribution in [-0.4, -0.2) is 30.4 Å². The van der Waals surface area contributed by atoms with Crippen LogP contribution in [0.2, 0.25) is 0 Å². The Morgan fingerprint density at radius 3 is 2.24 bits per heavy atom. The normalized spacial score (nSPS) is 13.5. The van der Waals surface area contributed by atoms with Gasteiger partial charge in [-0.05, 0) is 31.4 Å². The molecule has 7 N–H and O–H groups in total. The predicted molar refractivity (Wildman–Crippen MR) is 82.2 cm³/mol. The highest BCUT2D eigenvalue weighted by Gasteiger charge is 2.20. The Morgan fingerprint density at radius 2 is 1.62 bits per heavy atom. The molecule has 0 aliphatic heterocycles. The SMILES string of the molecule is NCCCC[C@H](N)C(=O)NC(=O)[C@@H](N)Cc1ccccc1. The number of benzene rings is 1. The van der Waals surface area contributed by atoms with Gasteiger partial charge in [0.2, 0.25) is 11.8 Å². The first-order valence-corrected chi connectivity index (χ1v) is 7.14. The lowest BCUT2D eigenvalue weighted by Crippen LogP contribution is -2.50. The third kappa shape index (κ3) is 6.48. The summed E-state index contributed by atoms with van der Waals surface area (Å²) >= 11 is 0. The summed E-state index contributed by atoms with van der Waals surface area (Å²) in [4.78, 5) is 23.6. The number of nitrogens with two attached hydrogens (primary N) is 3. The van der Waals surface area contributed by atoms with Gasteiger partial charge in [-0.25, -0.2) is 0 Å². The molecular weight excluding hydrogens is 268 g/mol. The number of hydrogen-bond acceptors (Lipinski definition) is 5. The molecule has 0 saturated heterocycles. The zero-order valence-corrected chi connectivity index (χ0v) is 12.1. The molecule has 0 unspecified atom stereocenters.